The summed E-state index contributed by atoms with van der Waals surface area (Å²) in [5.41, 5.74) is 8.81. The van der Waals surface area contributed by atoms with Gasteiger partial charge in [-0.05, 0) is 30.0 Å². The van der Waals surface area contributed by atoms with Crippen LogP contribution in [-0.2, 0) is 18.4 Å². The first-order valence-electron chi connectivity index (χ1n) is 6.80. The molecule has 0 spiro atoms. The van der Waals surface area contributed by atoms with Gasteiger partial charge in [-0.15, -0.1) is 0 Å². The zero-order valence-corrected chi connectivity index (χ0v) is 12.1. The van der Waals surface area contributed by atoms with E-state index in [0.717, 1.165) is 18.4 Å². The normalized spacial score (nSPS) is 20.3. The number of nitrogens with two attached hydrogens (primary N) is 1. The van der Waals surface area contributed by atoms with E-state index in [4.69, 9.17) is 17.3 Å². The monoisotopic (exact) mass is 302 g/mol. The average molecular weight is 303 g/mol. The lowest BCUT2D eigenvalue weighted by Gasteiger charge is -2.26. The number of aryl methyl sites for hydroxylation is 1. The number of fused-ring (bicyclic) bond motifs is 1. The van der Waals surface area contributed by atoms with Crippen LogP contribution in [0.25, 0.3) is 0 Å². The molecular formula is C16H15ClN2O2. The third-order valence-electron chi connectivity index (χ3n) is 4.18. The van der Waals surface area contributed by atoms with Gasteiger partial charge in [-0.1, -0.05) is 41.9 Å². The topological polar surface area (TPSA) is 69.2 Å². The van der Waals surface area contributed by atoms with Crippen molar-refractivity contribution in [2.24, 2.45) is 5.73 Å². The molecule has 0 saturated carbocycles. The van der Waals surface area contributed by atoms with Gasteiger partial charge in [0.2, 0.25) is 0 Å². The zero-order valence-electron chi connectivity index (χ0n) is 11.4. The molecule has 108 valence electrons. The van der Waals surface area contributed by atoms with E-state index in [0.29, 0.717) is 17.0 Å². The van der Waals surface area contributed by atoms with E-state index in [1.807, 2.05) is 18.2 Å². The Morgan fingerprint density at radius 3 is 2.76 bits per heavy atom. The van der Waals surface area contributed by atoms with E-state index in [1.165, 1.54) is 11.6 Å². The van der Waals surface area contributed by atoms with Crippen LogP contribution in [0.1, 0.15) is 23.1 Å². The molecule has 0 radical (unpaired) electrons. The number of benzene rings is 2. The van der Waals surface area contributed by atoms with Gasteiger partial charge in [0.15, 0.2) is 0 Å². The molecule has 0 amide bonds. The molecule has 0 fully saturated rings. The molecule has 1 unspecified atom stereocenters. The van der Waals surface area contributed by atoms with Crippen LogP contribution in [0.3, 0.4) is 0 Å². The summed E-state index contributed by atoms with van der Waals surface area (Å²) >= 11 is 6.18. The van der Waals surface area contributed by atoms with Crippen molar-refractivity contribution in [1.82, 2.24) is 0 Å². The molecule has 2 N–H and O–H groups in total. The highest BCUT2D eigenvalue weighted by Crippen LogP contribution is 2.40. The first kappa shape index (κ1) is 14.0. The van der Waals surface area contributed by atoms with Crippen LogP contribution < -0.4 is 5.73 Å². The summed E-state index contributed by atoms with van der Waals surface area (Å²) in [6.45, 7) is 0. The molecule has 1 atom stereocenters. The van der Waals surface area contributed by atoms with Gasteiger partial charge < -0.3 is 5.73 Å². The molecule has 0 saturated heterocycles. The number of rotatable bonds is 3. The Kier molecular flexibility index (Phi) is 3.43. The molecule has 0 aromatic heterocycles. The number of nitro benzene ring substituents is 1. The van der Waals surface area contributed by atoms with E-state index in [1.54, 1.807) is 12.1 Å². The number of nitro groups is 1. The highest BCUT2D eigenvalue weighted by molar-refractivity contribution is 6.31. The van der Waals surface area contributed by atoms with Crippen molar-refractivity contribution in [3.8, 4) is 0 Å². The lowest BCUT2D eigenvalue weighted by Crippen LogP contribution is -2.36. The second-order valence-electron chi connectivity index (χ2n) is 5.48. The van der Waals surface area contributed by atoms with Crippen molar-refractivity contribution in [2.45, 2.75) is 24.8 Å². The summed E-state index contributed by atoms with van der Waals surface area (Å²) in [5.74, 6) is 0. The van der Waals surface area contributed by atoms with Crippen LogP contribution >= 0.6 is 11.6 Å². The minimum Gasteiger partial charge on any atom is -0.321 e. The summed E-state index contributed by atoms with van der Waals surface area (Å²) in [7, 11) is 0. The Bertz CT molecular complexity index is 717. The van der Waals surface area contributed by atoms with Crippen LogP contribution in [-0.4, -0.2) is 4.92 Å². The largest absolute Gasteiger partial charge is 0.321 e. The second kappa shape index (κ2) is 5.13. The van der Waals surface area contributed by atoms with Gasteiger partial charge in [0.25, 0.3) is 5.69 Å². The molecule has 4 nitrogen and oxygen atoms in total. The van der Waals surface area contributed by atoms with Gasteiger partial charge in [-0.2, -0.15) is 0 Å². The van der Waals surface area contributed by atoms with E-state index in [2.05, 4.69) is 6.07 Å². The molecule has 0 heterocycles. The van der Waals surface area contributed by atoms with Crippen molar-refractivity contribution in [2.75, 3.05) is 0 Å². The van der Waals surface area contributed by atoms with Crippen molar-refractivity contribution in [3.63, 3.8) is 0 Å². The number of hydrogen-bond acceptors (Lipinski definition) is 3. The molecule has 2 aromatic carbocycles. The highest BCUT2D eigenvalue weighted by Gasteiger charge is 2.37. The minimum atomic E-state index is -0.591. The predicted molar refractivity (Wildman–Crippen MR) is 82.4 cm³/mol. The van der Waals surface area contributed by atoms with Crippen molar-refractivity contribution >= 4 is 17.3 Å². The Morgan fingerprint density at radius 2 is 2.00 bits per heavy atom. The minimum absolute atomic E-state index is 0.0386. The van der Waals surface area contributed by atoms with Gasteiger partial charge in [-0.25, -0.2) is 0 Å². The third-order valence-corrected chi connectivity index (χ3v) is 4.53. The molecule has 5 heteroatoms. The number of halogens is 1. The maximum Gasteiger partial charge on any atom is 0.274 e. The Labute approximate surface area is 127 Å². The van der Waals surface area contributed by atoms with Crippen LogP contribution in [0.4, 0.5) is 5.69 Å². The molecule has 1 aliphatic rings. The maximum absolute atomic E-state index is 11.2. The SMILES string of the molecule is NC1(Cc2c(Cl)cccc2[N+](=O)[O-])CCc2ccccc21. The van der Waals surface area contributed by atoms with Gasteiger partial charge in [0.1, 0.15) is 0 Å². The fraction of sp³-hybridized carbons (Fsp3) is 0.250. The average Bonchev–Trinajstić information content (AvgIpc) is 2.79. The second-order valence-corrected chi connectivity index (χ2v) is 5.89. The molecule has 3 rings (SSSR count). The van der Waals surface area contributed by atoms with Gasteiger partial charge >= 0.3 is 0 Å². The Balaban J connectivity index is 2.04. The van der Waals surface area contributed by atoms with Crippen molar-refractivity contribution in [3.05, 3.63) is 74.3 Å². The lowest BCUT2D eigenvalue weighted by atomic mass is 9.85. The smallest absolute Gasteiger partial charge is 0.274 e. The van der Waals surface area contributed by atoms with Gasteiger partial charge in [-0.3, -0.25) is 10.1 Å². The van der Waals surface area contributed by atoms with Crippen LogP contribution in [0.2, 0.25) is 5.02 Å². The third kappa shape index (κ3) is 2.41. The van der Waals surface area contributed by atoms with E-state index < -0.39 is 10.5 Å². The van der Waals surface area contributed by atoms with Crippen LogP contribution in [0.5, 0.6) is 0 Å². The van der Waals surface area contributed by atoms with Crippen molar-refractivity contribution in [1.29, 1.82) is 0 Å². The van der Waals surface area contributed by atoms with Crippen molar-refractivity contribution < 1.29 is 4.92 Å². The molecule has 0 bridgehead atoms. The molecular weight excluding hydrogens is 288 g/mol. The Hall–Kier alpha value is -1.91. The first-order valence-corrected chi connectivity index (χ1v) is 7.18. The van der Waals surface area contributed by atoms with Crippen LogP contribution in [0.15, 0.2) is 42.5 Å². The van der Waals surface area contributed by atoms with E-state index >= 15 is 0 Å². The molecule has 0 aliphatic heterocycles. The van der Waals surface area contributed by atoms with E-state index in [9.17, 15) is 10.1 Å². The van der Waals surface area contributed by atoms with Gasteiger partial charge in [0.05, 0.1) is 15.5 Å². The highest BCUT2D eigenvalue weighted by atomic mass is 35.5. The van der Waals surface area contributed by atoms with Gasteiger partial charge in [0, 0.05) is 18.0 Å². The standard InChI is InChI=1S/C16H15ClN2O2/c17-14-6-3-7-15(19(20)21)12(14)10-16(18)9-8-11-4-1-2-5-13(11)16/h1-7H,8-10,18H2. The molecule has 21 heavy (non-hydrogen) atoms. The summed E-state index contributed by atoms with van der Waals surface area (Å²) in [5, 5.41) is 11.6. The molecule has 2 aromatic rings. The fourth-order valence-corrected chi connectivity index (χ4v) is 3.35. The fourth-order valence-electron chi connectivity index (χ4n) is 3.11. The first-order chi connectivity index (χ1) is 10.0. The summed E-state index contributed by atoms with van der Waals surface area (Å²) in [6, 6.07) is 12.8. The summed E-state index contributed by atoms with van der Waals surface area (Å²) in [6.07, 6.45) is 2.04. The summed E-state index contributed by atoms with van der Waals surface area (Å²) in [4.78, 5) is 10.8. The Morgan fingerprint density at radius 1 is 1.24 bits per heavy atom. The number of hydrogen-bond donors (Lipinski definition) is 1. The zero-order chi connectivity index (χ0) is 15.0. The predicted octanol–water partition coefficient (Wildman–Crippen LogP) is 3.59. The lowest BCUT2D eigenvalue weighted by molar-refractivity contribution is -0.385. The van der Waals surface area contributed by atoms with E-state index in [-0.39, 0.29) is 5.69 Å². The van der Waals surface area contributed by atoms with Crippen LogP contribution in [0, 0.1) is 10.1 Å². The summed E-state index contributed by atoms with van der Waals surface area (Å²) < 4.78 is 0. The molecule has 1 aliphatic carbocycles. The number of nitrogens with zero attached hydrogens (tertiary/aromatic N) is 1. The maximum atomic E-state index is 11.2. The quantitative estimate of drug-likeness (QED) is 0.696.